The second-order valence-corrected chi connectivity index (χ2v) is 7.10. The van der Waals surface area contributed by atoms with E-state index in [0.717, 1.165) is 49.0 Å². The minimum Gasteiger partial charge on any atom is -0.464 e. The maximum absolute atomic E-state index is 11.3. The maximum Gasteiger partial charge on any atom is 0.415 e. The van der Waals surface area contributed by atoms with Gasteiger partial charge >= 0.3 is 6.09 Å². The van der Waals surface area contributed by atoms with Crippen LogP contribution in [0.1, 0.15) is 37.9 Å². The summed E-state index contributed by atoms with van der Waals surface area (Å²) in [7, 11) is 0. The molecule has 7 nitrogen and oxygen atoms in total. The molecule has 3 aromatic rings. The average molecular weight is 380 g/mol. The molecule has 0 fully saturated rings. The molecule has 1 unspecified atom stereocenters. The number of aromatic nitrogens is 3. The van der Waals surface area contributed by atoms with Crippen LogP contribution in [0.3, 0.4) is 0 Å². The summed E-state index contributed by atoms with van der Waals surface area (Å²) in [6.45, 7) is 6.21. The highest BCUT2D eigenvalue weighted by atomic mass is 16.5. The van der Waals surface area contributed by atoms with Crippen molar-refractivity contribution in [1.29, 1.82) is 0 Å². The summed E-state index contributed by atoms with van der Waals surface area (Å²) < 4.78 is 7.32. The van der Waals surface area contributed by atoms with Crippen molar-refractivity contribution in [2.45, 2.75) is 45.7 Å². The Morgan fingerprint density at radius 3 is 2.89 bits per heavy atom. The number of benzene rings is 1. The van der Waals surface area contributed by atoms with Gasteiger partial charge < -0.3 is 9.84 Å². The molecule has 1 aromatic carbocycles. The van der Waals surface area contributed by atoms with Crippen LogP contribution in [-0.4, -0.2) is 43.2 Å². The van der Waals surface area contributed by atoms with Crippen LogP contribution in [0, 0.1) is 0 Å². The zero-order valence-corrected chi connectivity index (χ0v) is 16.1. The third-order valence-electron chi connectivity index (χ3n) is 5.41. The van der Waals surface area contributed by atoms with Crippen LogP contribution in [0.15, 0.2) is 36.8 Å². The van der Waals surface area contributed by atoms with Crippen LogP contribution in [0.25, 0.3) is 10.9 Å². The molecule has 4 rings (SSSR count). The predicted octanol–water partition coefficient (Wildman–Crippen LogP) is 4.30. The van der Waals surface area contributed by atoms with E-state index in [1.165, 1.54) is 10.8 Å². The van der Waals surface area contributed by atoms with Gasteiger partial charge in [0.15, 0.2) is 0 Å². The lowest BCUT2D eigenvalue weighted by Gasteiger charge is -2.35. The van der Waals surface area contributed by atoms with Gasteiger partial charge in [0.1, 0.15) is 12.1 Å². The summed E-state index contributed by atoms with van der Waals surface area (Å²) in [4.78, 5) is 22.6. The van der Waals surface area contributed by atoms with Crippen molar-refractivity contribution in [2.75, 3.05) is 6.54 Å². The largest absolute Gasteiger partial charge is 0.464 e. The zero-order valence-electron chi connectivity index (χ0n) is 16.1. The summed E-state index contributed by atoms with van der Waals surface area (Å²) >= 11 is 0. The number of carboxylic acid groups (broad SMARTS) is 1. The Bertz CT molecular complexity index is 1010. The molecule has 0 bridgehead atoms. The molecule has 0 saturated carbocycles. The van der Waals surface area contributed by atoms with E-state index >= 15 is 0 Å². The molecule has 1 aliphatic heterocycles. The molecule has 0 saturated heterocycles. The van der Waals surface area contributed by atoms with Gasteiger partial charge in [-0.25, -0.2) is 14.8 Å². The molecule has 1 aliphatic rings. The minimum absolute atomic E-state index is 0.475. The van der Waals surface area contributed by atoms with E-state index in [1.54, 1.807) is 24.5 Å². The van der Waals surface area contributed by atoms with Crippen LogP contribution < -0.4 is 4.74 Å². The van der Waals surface area contributed by atoms with Gasteiger partial charge in [-0.15, -0.1) is 0 Å². The Balaban J connectivity index is 1.64. The molecule has 1 N–H and O–H groups in total. The van der Waals surface area contributed by atoms with E-state index in [1.807, 2.05) is 6.07 Å². The zero-order chi connectivity index (χ0) is 19.7. The van der Waals surface area contributed by atoms with E-state index in [2.05, 4.69) is 28.7 Å². The molecule has 1 atom stereocenters. The van der Waals surface area contributed by atoms with Crippen LogP contribution in [0.2, 0.25) is 0 Å². The van der Waals surface area contributed by atoms with Crippen LogP contribution in [-0.2, 0) is 13.0 Å². The van der Waals surface area contributed by atoms with Gasteiger partial charge in [-0.1, -0.05) is 20.3 Å². The Hall–Kier alpha value is -2.93. The van der Waals surface area contributed by atoms with Gasteiger partial charge in [0, 0.05) is 29.7 Å². The number of carbonyl (C=O) groups is 1. The molecular weight excluding hydrogens is 356 g/mol. The molecule has 0 amide bonds. The topological polar surface area (TPSA) is 80.5 Å². The molecule has 146 valence electrons. The van der Waals surface area contributed by atoms with Gasteiger partial charge in [0.25, 0.3) is 0 Å². The van der Waals surface area contributed by atoms with Gasteiger partial charge in [-0.05, 0) is 43.7 Å². The first-order chi connectivity index (χ1) is 13.6. The molecule has 0 aliphatic carbocycles. The van der Waals surface area contributed by atoms with Gasteiger partial charge in [-0.2, -0.15) is 0 Å². The van der Waals surface area contributed by atoms with Gasteiger partial charge in [-0.3, -0.25) is 9.47 Å². The Kier molecular flexibility index (Phi) is 5.00. The fourth-order valence-electron chi connectivity index (χ4n) is 4.00. The van der Waals surface area contributed by atoms with Crippen LogP contribution in [0.5, 0.6) is 11.6 Å². The monoisotopic (exact) mass is 380 g/mol. The third-order valence-corrected chi connectivity index (χ3v) is 5.41. The van der Waals surface area contributed by atoms with Crippen LogP contribution in [0.4, 0.5) is 4.79 Å². The summed E-state index contributed by atoms with van der Waals surface area (Å²) in [5.74, 6) is 1.24. The average Bonchev–Trinajstić information content (AvgIpc) is 3.12. The summed E-state index contributed by atoms with van der Waals surface area (Å²) in [5.41, 5.74) is 2.73. The molecule has 0 radical (unpaired) electrons. The third kappa shape index (κ3) is 3.33. The number of hydrogen-bond acceptors (Lipinski definition) is 5. The molecular formula is C21H24N4O3. The highest BCUT2D eigenvalue weighted by Gasteiger charge is 2.28. The first-order valence-corrected chi connectivity index (χ1v) is 9.69. The lowest BCUT2D eigenvalue weighted by atomic mass is 9.95. The Morgan fingerprint density at radius 2 is 2.14 bits per heavy atom. The second kappa shape index (κ2) is 7.59. The quantitative estimate of drug-likeness (QED) is 0.711. The van der Waals surface area contributed by atoms with Crippen LogP contribution >= 0.6 is 0 Å². The van der Waals surface area contributed by atoms with E-state index in [4.69, 9.17) is 4.74 Å². The fourth-order valence-corrected chi connectivity index (χ4v) is 4.00. The van der Waals surface area contributed by atoms with Crippen molar-refractivity contribution in [1.82, 2.24) is 19.4 Å². The predicted molar refractivity (Wildman–Crippen MR) is 106 cm³/mol. The Morgan fingerprint density at radius 1 is 1.29 bits per heavy atom. The van der Waals surface area contributed by atoms with Crippen molar-refractivity contribution in [3.05, 3.63) is 48.0 Å². The lowest BCUT2D eigenvalue weighted by Crippen LogP contribution is -2.40. The van der Waals surface area contributed by atoms with Crippen molar-refractivity contribution in [2.24, 2.45) is 0 Å². The summed E-state index contributed by atoms with van der Waals surface area (Å²) in [6.07, 6.45) is 5.24. The number of nitrogens with zero attached hydrogens (tertiary/aromatic N) is 4. The smallest absolute Gasteiger partial charge is 0.415 e. The highest BCUT2D eigenvalue weighted by molar-refractivity contribution is 5.89. The molecule has 3 heterocycles. The summed E-state index contributed by atoms with van der Waals surface area (Å²) in [6, 6.07) is 7.62. The fraction of sp³-hybridized carbons (Fsp3) is 0.381. The molecule has 0 spiro atoms. The Labute approximate surface area is 163 Å². The van der Waals surface area contributed by atoms with Crippen molar-refractivity contribution in [3.63, 3.8) is 0 Å². The standard InChI is InChI=1S/C21H24N4O3/c1-3-5-15-11-17-18(12-24(15)4-2)22-13-23-20(17)28-16-6-7-19-14(10-16)8-9-25(19)21(26)27/h6-10,13,15H,3-5,11-12H2,1-2H3,(H,26,27). The van der Waals surface area contributed by atoms with E-state index in [9.17, 15) is 9.90 Å². The van der Waals surface area contributed by atoms with Gasteiger partial charge in [0.05, 0.1) is 11.2 Å². The highest BCUT2D eigenvalue weighted by Crippen LogP contribution is 2.33. The normalized spacial score (nSPS) is 16.9. The number of fused-ring (bicyclic) bond motifs is 2. The number of hydrogen-bond donors (Lipinski definition) is 1. The summed E-state index contributed by atoms with van der Waals surface area (Å²) in [5, 5.41) is 10.0. The van der Waals surface area contributed by atoms with Crippen molar-refractivity contribution < 1.29 is 14.6 Å². The molecule has 7 heteroatoms. The van der Waals surface area contributed by atoms with E-state index < -0.39 is 6.09 Å². The molecule has 28 heavy (non-hydrogen) atoms. The molecule has 2 aromatic heterocycles. The van der Waals surface area contributed by atoms with Gasteiger partial charge in [0.2, 0.25) is 5.88 Å². The van der Waals surface area contributed by atoms with Crippen molar-refractivity contribution >= 4 is 17.0 Å². The van der Waals surface area contributed by atoms with Crippen molar-refractivity contribution in [3.8, 4) is 11.6 Å². The number of rotatable bonds is 5. The first-order valence-electron chi connectivity index (χ1n) is 9.69. The SMILES string of the molecule is CCCC1Cc2c(ncnc2Oc2ccc3c(ccn3C(=O)O)c2)CN1CC. The lowest BCUT2D eigenvalue weighted by molar-refractivity contribution is 0.165. The first kappa shape index (κ1) is 18.4. The number of ether oxygens (including phenoxy) is 1. The second-order valence-electron chi connectivity index (χ2n) is 7.10. The maximum atomic E-state index is 11.3. The van der Waals surface area contributed by atoms with E-state index in [-0.39, 0.29) is 0 Å². The number of likely N-dealkylation sites (N-methyl/N-ethyl adjacent to an activating group) is 1. The minimum atomic E-state index is -1.00. The van der Waals surface area contributed by atoms with E-state index in [0.29, 0.717) is 23.2 Å².